The average Bonchev–Trinajstić information content (AvgIpc) is 2.86. The van der Waals surface area contributed by atoms with Crippen LogP contribution in [0.2, 0.25) is 0 Å². The van der Waals surface area contributed by atoms with Gasteiger partial charge in [-0.2, -0.15) is 5.26 Å². The van der Waals surface area contributed by atoms with Gasteiger partial charge < -0.3 is 16.3 Å². The van der Waals surface area contributed by atoms with Crippen LogP contribution in [0.1, 0.15) is 16.8 Å². The van der Waals surface area contributed by atoms with Crippen LogP contribution in [-0.2, 0) is 11.4 Å². The fourth-order valence-corrected chi connectivity index (χ4v) is 1.27. The summed E-state index contributed by atoms with van der Waals surface area (Å²) >= 11 is 0. The number of hydrogen-bond donors (Lipinski definition) is 2. The lowest BCUT2D eigenvalue weighted by atomic mass is 10.2. The highest BCUT2D eigenvalue weighted by molar-refractivity contribution is 5.98. The van der Waals surface area contributed by atoms with Crippen molar-refractivity contribution in [1.29, 1.82) is 5.26 Å². The van der Waals surface area contributed by atoms with E-state index in [-0.39, 0.29) is 24.0 Å². The molecule has 0 amide bonds. The molecule has 1 aromatic heterocycles. The van der Waals surface area contributed by atoms with E-state index >= 15 is 0 Å². The van der Waals surface area contributed by atoms with E-state index < -0.39 is 0 Å². The molecule has 0 saturated heterocycles. The van der Waals surface area contributed by atoms with Crippen LogP contribution in [0, 0.1) is 11.3 Å². The number of aromatic nitrogens is 2. The van der Waals surface area contributed by atoms with Gasteiger partial charge in [0.25, 0.3) is 0 Å². The van der Waals surface area contributed by atoms with Gasteiger partial charge in [-0.3, -0.25) is 0 Å². The van der Waals surface area contributed by atoms with Crippen molar-refractivity contribution in [2.45, 2.75) is 6.61 Å². The number of oxime groups is 1. The molecule has 1 heterocycles. The van der Waals surface area contributed by atoms with Gasteiger partial charge in [0.05, 0.1) is 11.6 Å². The minimum Gasteiger partial charge on any atom is -0.389 e. The third-order valence-electron chi connectivity index (χ3n) is 2.23. The van der Waals surface area contributed by atoms with Crippen molar-refractivity contribution in [2.75, 3.05) is 5.73 Å². The van der Waals surface area contributed by atoms with Crippen LogP contribution in [0.15, 0.2) is 34.1 Å². The molecule has 8 heteroatoms. The molecule has 2 aromatic rings. The first-order valence-electron chi connectivity index (χ1n) is 5.23. The fraction of sp³-hybridized carbons (Fsp3) is 0.0909. The standard InChI is InChI=1S/C11H10N6O2/c12-5-7-1-3-8(4-2-7)6-18-16-10(13)9-11(14)17-19-15-9/h1-4H,6H2,(H2,13,16)(H2,14,17). The monoisotopic (exact) mass is 258 g/mol. The molecule has 0 unspecified atom stereocenters. The van der Waals surface area contributed by atoms with Crippen LogP contribution in [0.5, 0.6) is 0 Å². The quantitative estimate of drug-likeness (QED) is 0.459. The number of nitrogen functional groups attached to an aromatic ring is 1. The average molecular weight is 258 g/mol. The molecule has 19 heavy (non-hydrogen) atoms. The first-order chi connectivity index (χ1) is 9.20. The van der Waals surface area contributed by atoms with E-state index in [4.69, 9.17) is 21.6 Å². The summed E-state index contributed by atoms with van der Waals surface area (Å²) in [6, 6.07) is 8.92. The van der Waals surface area contributed by atoms with E-state index in [1.54, 1.807) is 24.3 Å². The summed E-state index contributed by atoms with van der Waals surface area (Å²) in [7, 11) is 0. The van der Waals surface area contributed by atoms with Crippen LogP contribution < -0.4 is 11.5 Å². The second-order valence-electron chi connectivity index (χ2n) is 3.56. The molecular formula is C11H10N6O2. The number of benzene rings is 1. The van der Waals surface area contributed by atoms with Gasteiger partial charge in [0, 0.05) is 0 Å². The predicted molar refractivity (Wildman–Crippen MR) is 65.4 cm³/mol. The van der Waals surface area contributed by atoms with E-state index in [1.807, 2.05) is 6.07 Å². The first-order valence-corrected chi connectivity index (χ1v) is 5.23. The van der Waals surface area contributed by atoms with Crippen molar-refractivity contribution in [2.24, 2.45) is 10.9 Å². The van der Waals surface area contributed by atoms with Gasteiger partial charge in [0.2, 0.25) is 0 Å². The second-order valence-corrected chi connectivity index (χ2v) is 3.56. The molecule has 0 fully saturated rings. The number of rotatable bonds is 4. The Balaban J connectivity index is 1.96. The zero-order chi connectivity index (χ0) is 13.7. The zero-order valence-corrected chi connectivity index (χ0v) is 9.78. The normalized spacial score (nSPS) is 11.0. The zero-order valence-electron chi connectivity index (χ0n) is 9.78. The molecule has 0 aliphatic heterocycles. The Bertz CT molecular complexity index is 625. The van der Waals surface area contributed by atoms with Crippen molar-refractivity contribution in [3.63, 3.8) is 0 Å². The minimum atomic E-state index is -0.0209. The highest BCUT2D eigenvalue weighted by Crippen LogP contribution is 2.06. The molecule has 0 atom stereocenters. The van der Waals surface area contributed by atoms with E-state index in [0.717, 1.165) is 5.56 Å². The number of nitrogens with zero attached hydrogens (tertiary/aromatic N) is 4. The number of anilines is 1. The van der Waals surface area contributed by atoms with Gasteiger partial charge in [0.1, 0.15) is 6.61 Å². The van der Waals surface area contributed by atoms with Crippen molar-refractivity contribution in [3.8, 4) is 6.07 Å². The molecule has 0 bridgehead atoms. The molecule has 0 radical (unpaired) electrons. The second kappa shape index (κ2) is 5.50. The lowest BCUT2D eigenvalue weighted by Gasteiger charge is -2.00. The molecule has 96 valence electrons. The number of nitrogens with two attached hydrogens (primary N) is 2. The number of nitriles is 1. The maximum Gasteiger partial charge on any atom is 0.199 e. The van der Waals surface area contributed by atoms with E-state index in [9.17, 15) is 0 Å². The highest BCUT2D eigenvalue weighted by atomic mass is 16.6. The molecule has 0 aliphatic rings. The van der Waals surface area contributed by atoms with E-state index in [1.165, 1.54) is 0 Å². The Morgan fingerprint density at radius 1 is 1.37 bits per heavy atom. The summed E-state index contributed by atoms with van der Waals surface area (Å²) in [4.78, 5) is 5.05. The van der Waals surface area contributed by atoms with Crippen molar-refractivity contribution in [3.05, 3.63) is 41.1 Å². The maximum atomic E-state index is 8.66. The van der Waals surface area contributed by atoms with Crippen LogP contribution >= 0.6 is 0 Å². The summed E-state index contributed by atoms with van der Waals surface area (Å²) in [5.74, 6) is 0.0237. The smallest absolute Gasteiger partial charge is 0.199 e. The fourth-order valence-electron chi connectivity index (χ4n) is 1.27. The van der Waals surface area contributed by atoms with Crippen LogP contribution in [-0.4, -0.2) is 16.1 Å². The predicted octanol–water partition coefficient (Wildman–Crippen LogP) is 0.361. The lowest BCUT2D eigenvalue weighted by Crippen LogP contribution is -2.16. The Hall–Kier alpha value is -3.08. The Morgan fingerprint density at radius 2 is 2.11 bits per heavy atom. The van der Waals surface area contributed by atoms with Gasteiger partial charge in [-0.05, 0) is 28.0 Å². The summed E-state index contributed by atoms with van der Waals surface area (Å²) in [5.41, 5.74) is 12.6. The molecule has 0 spiro atoms. The molecular weight excluding hydrogens is 248 g/mol. The molecule has 0 saturated carbocycles. The van der Waals surface area contributed by atoms with Crippen LogP contribution in [0.25, 0.3) is 0 Å². The van der Waals surface area contributed by atoms with Crippen molar-refractivity contribution < 1.29 is 9.47 Å². The van der Waals surface area contributed by atoms with Crippen molar-refractivity contribution >= 4 is 11.7 Å². The summed E-state index contributed by atoms with van der Waals surface area (Å²) in [5, 5.41) is 19.2. The van der Waals surface area contributed by atoms with Crippen LogP contribution in [0.4, 0.5) is 5.82 Å². The SMILES string of the molecule is N#Cc1ccc(CO/N=C(\N)c2nonc2N)cc1. The van der Waals surface area contributed by atoms with E-state index in [2.05, 4.69) is 20.1 Å². The molecule has 8 nitrogen and oxygen atoms in total. The Labute approximate surface area is 108 Å². The van der Waals surface area contributed by atoms with Crippen molar-refractivity contribution in [1.82, 2.24) is 10.3 Å². The minimum absolute atomic E-state index is 0.0209. The van der Waals surface area contributed by atoms with Gasteiger partial charge >= 0.3 is 0 Å². The summed E-state index contributed by atoms with van der Waals surface area (Å²) in [6.45, 7) is 0.206. The molecule has 4 N–H and O–H groups in total. The van der Waals surface area contributed by atoms with Gasteiger partial charge in [-0.25, -0.2) is 4.63 Å². The topological polar surface area (TPSA) is 136 Å². The Kier molecular flexibility index (Phi) is 3.59. The molecule has 0 aliphatic carbocycles. The largest absolute Gasteiger partial charge is 0.389 e. The number of hydrogen-bond acceptors (Lipinski definition) is 7. The van der Waals surface area contributed by atoms with Gasteiger partial charge in [-0.15, -0.1) is 0 Å². The first kappa shape index (κ1) is 12.4. The lowest BCUT2D eigenvalue weighted by molar-refractivity contribution is 0.130. The molecule has 1 aromatic carbocycles. The van der Waals surface area contributed by atoms with Crippen LogP contribution in [0.3, 0.4) is 0 Å². The maximum absolute atomic E-state index is 8.66. The molecule has 2 rings (SSSR count). The van der Waals surface area contributed by atoms with E-state index in [0.29, 0.717) is 5.56 Å². The summed E-state index contributed by atoms with van der Waals surface area (Å²) in [6.07, 6.45) is 0. The van der Waals surface area contributed by atoms with Gasteiger partial charge in [-0.1, -0.05) is 17.3 Å². The van der Waals surface area contributed by atoms with Gasteiger partial charge in [0.15, 0.2) is 17.3 Å². The number of amidine groups is 1. The summed E-state index contributed by atoms with van der Waals surface area (Å²) < 4.78 is 4.38. The third kappa shape index (κ3) is 2.98. The third-order valence-corrected chi connectivity index (χ3v) is 2.23. The highest BCUT2D eigenvalue weighted by Gasteiger charge is 2.10. The Morgan fingerprint density at radius 3 is 2.68 bits per heavy atom.